The third kappa shape index (κ3) is 6.45. The molecule has 3 N–H and O–H groups in total. The van der Waals surface area contributed by atoms with Crippen LogP contribution in [0.25, 0.3) is 0 Å². The highest BCUT2D eigenvalue weighted by molar-refractivity contribution is 5.85. The second-order valence-electron chi connectivity index (χ2n) is 7.09. The molecule has 2 unspecified atom stereocenters. The first-order valence-corrected chi connectivity index (χ1v) is 9.05. The molecule has 1 aliphatic carbocycles. The van der Waals surface area contributed by atoms with Gasteiger partial charge in [0, 0.05) is 25.0 Å². The van der Waals surface area contributed by atoms with Gasteiger partial charge in [-0.1, -0.05) is 30.7 Å². The predicted molar refractivity (Wildman–Crippen MR) is 107 cm³/mol. The summed E-state index contributed by atoms with van der Waals surface area (Å²) < 4.78 is 0. The number of nitrogens with one attached hydrogen (secondary N) is 1. The molecular formula is C19H31Cl2N3O. The van der Waals surface area contributed by atoms with Gasteiger partial charge in [0.2, 0.25) is 5.91 Å². The zero-order valence-corrected chi connectivity index (χ0v) is 16.4. The molecule has 0 spiro atoms. The summed E-state index contributed by atoms with van der Waals surface area (Å²) in [6.45, 7) is 4.02. The van der Waals surface area contributed by atoms with Crippen molar-refractivity contribution in [1.82, 2.24) is 10.2 Å². The van der Waals surface area contributed by atoms with Crippen LogP contribution in [0.1, 0.15) is 49.7 Å². The Balaban J connectivity index is 0.00000156. The van der Waals surface area contributed by atoms with Gasteiger partial charge in [-0.2, -0.15) is 0 Å². The molecule has 2 aliphatic rings. The summed E-state index contributed by atoms with van der Waals surface area (Å²) in [5.74, 6) is 0.278. The Labute approximate surface area is 163 Å². The Morgan fingerprint density at radius 2 is 1.76 bits per heavy atom. The first-order valence-electron chi connectivity index (χ1n) is 9.05. The number of rotatable bonds is 5. The first kappa shape index (κ1) is 22.2. The lowest BCUT2D eigenvalue weighted by Gasteiger charge is -2.26. The average Bonchev–Trinajstić information content (AvgIpc) is 3.07. The van der Waals surface area contributed by atoms with Crippen molar-refractivity contribution in [1.29, 1.82) is 0 Å². The predicted octanol–water partition coefficient (Wildman–Crippen LogP) is 3.26. The van der Waals surface area contributed by atoms with Crippen molar-refractivity contribution in [3.63, 3.8) is 0 Å². The molecule has 4 nitrogen and oxygen atoms in total. The number of hydrogen-bond donors (Lipinski definition) is 2. The van der Waals surface area contributed by atoms with Gasteiger partial charge in [-0.15, -0.1) is 24.8 Å². The van der Waals surface area contributed by atoms with Gasteiger partial charge in [0.15, 0.2) is 0 Å². The number of hydrogen-bond acceptors (Lipinski definition) is 3. The number of likely N-dealkylation sites (tertiary alicyclic amines) is 1. The topological polar surface area (TPSA) is 58.4 Å². The Bertz CT molecular complexity index is 535. The lowest BCUT2D eigenvalue weighted by Crippen LogP contribution is -2.37. The van der Waals surface area contributed by atoms with Crippen LogP contribution in [-0.4, -0.2) is 29.9 Å². The second-order valence-corrected chi connectivity index (χ2v) is 7.09. The molecule has 2 atom stereocenters. The van der Waals surface area contributed by atoms with Crippen LogP contribution in [0.15, 0.2) is 24.3 Å². The summed E-state index contributed by atoms with van der Waals surface area (Å²) in [4.78, 5) is 14.9. The van der Waals surface area contributed by atoms with E-state index in [1.165, 1.54) is 37.1 Å². The molecule has 25 heavy (non-hydrogen) atoms. The van der Waals surface area contributed by atoms with Gasteiger partial charge in [-0.05, 0) is 56.3 Å². The summed E-state index contributed by atoms with van der Waals surface area (Å²) in [6.07, 6.45) is 6.56. The summed E-state index contributed by atoms with van der Waals surface area (Å²) in [7, 11) is 0. The van der Waals surface area contributed by atoms with Gasteiger partial charge >= 0.3 is 0 Å². The van der Waals surface area contributed by atoms with Crippen molar-refractivity contribution >= 4 is 30.7 Å². The van der Waals surface area contributed by atoms with Crippen molar-refractivity contribution in [3.05, 3.63) is 35.4 Å². The number of amides is 1. The minimum atomic E-state index is 0. The van der Waals surface area contributed by atoms with E-state index in [1.807, 2.05) is 0 Å². The van der Waals surface area contributed by atoms with Crippen molar-refractivity contribution in [2.24, 2.45) is 11.7 Å². The summed E-state index contributed by atoms with van der Waals surface area (Å²) >= 11 is 0. The van der Waals surface area contributed by atoms with Crippen molar-refractivity contribution < 1.29 is 4.79 Å². The van der Waals surface area contributed by atoms with E-state index in [4.69, 9.17) is 5.73 Å². The molecule has 2 fully saturated rings. The molecular weight excluding hydrogens is 357 g/mol. The third-order valence-electron chi connectivity index (χ3n) is 5.25. The van der Waals surface area contributed by atoms with Crippen LogP contribution in [0.3, 0.4) is 0 Å². The van der Waals surface area contributed by atoms with Crippen LogP contribution in [-0.2, 0) is 17.9 Å². The van der Waals surface area contributed by atoms with Gasteiger partial charge in [0.05, 0.1) is 0 Å². The highest BCUT2D eigenvalue weighted by Gasteiger charge is 2.25. The highest BCUT2D eigenvalue weighted by Crippen LogP contribution is 2.23. The zero-order chi connectivity index (χ0) is 16.1. The maximum Gasteiger partial charge on any atom is 0.223 e. The molecule has 1 aromatic carbocycles. The number of benzene rings is 1. The standard InChI is InChI=1S/C19H29N3O.2ClH/c20-18-9-5-8-15(12-18)19(23)21-13-16-6-1-2-7-17(16)14-22-10-3-4-11-22;;/h1-2,6-7,15,18H,3-5,8-14,20H2,(H,21,23);2*1H. The van der Waals surface area contributed by atoms with E-state index >= 15 is 0 Å². The molecule has 1 amide bonds. The molecule has 1 heterocycles. The molecule has 0 radical (unpaired) electrons. The fraction of sp³-hybridized carbons (Fsp3) is 0.632. The maximum atomic E-state index is 12.4. The van der Waals surface area contributed by atoms with Crippen molar-refractivity contribution in [3.8, 4) is 0 Å². The maximum absolute atomic E-state index is 12.4. The molecule has 1 saturated heterocycles. The minimum absolute atomic E-state index is 0. The number of nitrogens with zero attached hydrogens (tertiary/aromatic N) is 1. The summed E-state index contributed by atoms with van der Waals surface area (Å²) in [6, 6.07) is 8.68. The van der Waals surface area contributed by atoms with Crippen LogP contribution < -0.4 is 11.1 Å². The lowest BCUT2D eigenvalue weighted by molar-refractivity contribution is -0.126. The Morgan fingerprint density at radius 3 is 2.44 bits per heavy atom. The van der Waals surface area contributed by atoms with Crippen molar-refractivity contribution in [2.75, 3.05) is 13.1 Å². The third-order valence-corrected chi connectivity index (χ3v) is 5.25. The normalized spacial score (nSPS) is 23.4. The monoisotopic (exact) mass is 387 g/mol. The van der Waals surface area contributed by atoms with E-state index in [1.54, 1.807) is 0 Å². The van der Waals surface area contributed by atoms with E-state index in [0.29, 0.717) is 6.54 Å². The SMILES string of the molecule is Cl.Cl.NC1CCCC(C(=O)NCc2ccccc2CN2CCCC2)C1. The van der Waals surface area contributed by atoms with E-state index in [-0.39, 0.29) is 42.7 Å². The smallest absolute Gasteiger partial charge is 0.223 e. The van der Waals surface area contributed by atoms with E-state index in [9.17, 15) is 4.79 Å². The first-order chi connectivity index (χ1) is 11.2. The number of nitrogens with two attached hydrogens (primary N) is 1. The molecule has 142 valence electrons. The molecule has 1 aromatic rings. The quantitative estimate of drug-likeness (QED) is 0.814. The molecule has 0 bridgehead atoms. The van der Waals surface area contributed by atoms with Crippen LogP contribution >= 0.6 is 24.8 Å². The molecule has 0 aromatic heterocycles. The van der Waals surface area contributed by atoms with Gasteiger partial charge in [-0.25, -0.2) is 0 Å². The fourth-order valence-electron chi connectivity index (χ4n) is 3.86. The fourth-order valence-corrected chi connectivity index (χ4v) is 3.86. The summed E-state index contributed by atoms with van der Waals surface area (Å²) in [5.41, 5.74) is 8.59. The van der Waals surface area contributed by atoms with Crippen LogP contribution in [0.4, 0.5) is 0 Å². The Hall–Kier alpha value is -0.810. The number of carbonyl (C=O) groups excluding carboxylic acids is 1. The van der Waals surface area contributed by atoms with Crippen molar-refractivity contribution in [2.45, 2.75) is 57.7 Å². The second kappa shape index (κ2) is 11.0. The lowest BCUT2D eigenvalue weighted by atomic mass is 9.85. The van der Waals surface area contributed by atoms with Gasteiger partial charge in [0.1, 0.15) is 0 Å². The Morgan fingerprint density at radius 1 is 1.08 bits per heavy atom. The van der Waals surface area contributed by atoms with Gasteiger partial charge < -0.3 is 11.1 Å². The van der Waals surface area contributed by atoms with Crippen LogP contribution in [0.5, 0.6) is 0 Å². The molecule has 1 saturated carbocycles. The van der Waals surface area contributed by atoms with E-state index in [2.05, 4.69) is 34.5 Å². The zero-order valence-electron chi connectivity index (χ0n) is 14.8. The van der Waals surface area contributed by atoms with Crippen LogP contribution in [0.2, 0.25) is 0 Å². The van der Waals surface area contributed by atoms with E-state index in [0.717, 1.165) is 32.2 Å². The average molecular weight is 388 g/mol. The highest BCUT2D eigenvalue weighted by atomic mass is 35.5. The minimum Gasteiger partial charge on any atom is -0.352 e. The van der Waals surface area contributed by atoms with Crippen LogP contribution in [0, 0.1) is 5.92 Å². The molecule has 1 aliphatic heterocycles. The Kier molecular flexibility index (Phi) is 9.80. The van der Waals surface area contributed by atoms with E-state index < -0.39 is 0 Å². The number of halogens is 2. The van der Waals surface area contributed by atoms with Gasteiger partial charge in [-0.3, -0.25) is 9.69 Å². The largest absolute Gasteiger partial charge is 0.352 e. The molecule has 6 heteroatoms. The molecule has 3 rings (SSSR count). The van der Waals surface area contributed by atoms with Gasteiger partial charge in [0.25, 0.3) is 0 Å². The number of carbonyl (C=O) groups is 1. The summed E-state index contributed by atoms with van der Waals surface area (Å²) in [5, 5.41) is 3.14.